The van der Waals surface area contributed by atoms with E-state index in [2.05, 4.69) is 14.8 Å². The lowest BCUT2D eigenvalue weighted by Gasteiger charge is -2.24. The van der Waals surface area contributed by atoms with Crippen molar-refractivity contribution in [3.05, 3.63) is 46.9 Å². The summed E-state index contributed by atoms with van der Waals surface area (Å²) in [6.07, 6.45) is 1.07. The maximum atomic E-state index is 13.6. The van der Waals surface area contributed by atoms with Crippen LogP contribution in [0.5, 0.6) is 0 Å². The average Bonchev–Trinajstić information content (AvgIpc) is 3.17. The Balaban J connectivity index is 1.37. The van der Waals surface area contributed by atoms with Crippen LogP contribution in [0.1, 0.15) is 53.7 Å². The Morgan fingerprint density at radius 1 is 1.22 bits per heavy atom. The van der Waals surface area contributed by atoms with Gasteiger partial charge in [0, 0.05) is 38.2 Å². The predicted molar refractivity (Wildman–Crippen MR) is 132 cm³/mol. The molecule has 11 nitrogen and oxygen atoms in total. The lowest BCUT2D eigenvalue weighted by Crippen LogP contribution is -2.29. The van der Waals surface area contributed by atoms with Gasteiger partial charge in [-0.05, 0) is 44.4 Å². The molecule has 0 saturated heterocycles. The topological polar surface area (TPSA) is 121 Å². The molecular weight excluding hydrogens is 460 g/mol. The highest BCUT2D eigenvalue weighted by atomic mass is 16.4. The Morgan fingerprint density at radius 2 is 2.03 bits per heavy atom. The zero-order valence-corrected chi connectivity index (χ0v) is 20.7. The predicted octanol–water partition coefficient (Wildman–Crippen LogP) is 2.97. The first-order valence-corrected chi connectivity index (χ1v) is 12.2. The average molecular weight is 489 g/mol. The van der Waals surface area contributed by atoms with Gasteiger partial charge >= 0.3 is 6.09 Å². The maximum Gasteiger partial charge on any atom is 0.407 e. The zero-order valence-electron chi connectivity index (χ0n) is 20.7. The molecule has 186 valence electrons. The van der Waals surface area contributed by atoms with E-state index in [1.807, 2.05) is 44.0 Å². The molecule has 3 aliphatic rings. The SMILES string of the molecule is CC(C)N(C)c1cc2c(c(CN(C)C(=O)O)n1)CN(c1cccc(-c3nnc4n3C3CC3C4)n1)C2=O. The van der Waals surface area contributed by atoms with Gasteiger partial charge in [0.25, 0.3) is 5.91 Å². The highest BCUT2D eigenvalue weighted by molar-refractivity contribution is 6.10. The van der Waals surface area contributed by atoms with Crippen molar-refractivity contribution in [2.45, 2.75) is 51.9 Å². The minimum atomic E-state index is -1.05. The fourth-order valence-corrected chi connectivity index (χ4v) is 5.09. The van der Waals surface area contributed by atoms with Gasteiger partial charge in [-0.1, -0.05) is 6.07 Å². The summed E-state index contributed by atoms with van der Waals surface area (Å²) < 4.78 is 2.19. The van der Waals surface area contributed by atoms with Crippen LogP contribution in [0.15, 0.2) is 24.3 Å². The molecule has 36 heavy (non-hydrogen) atoms. The molecule has 6 rings (SSSR count). The number of aromatic nitrogens is 5. The van der Waals surface area contributed by atoms with Gasteiger partial charge in [-0.15, -0.1) is 10.2 Å². The highest BCUT2D eigenvalue weighted by Gasteiger charge is 2.48. The Labute approximate surface area is 208 Å². The fraction of sp³-hybridized carbons (Fsp3) is 0.440. The number of carboxylic acid groups (broad SMARTS) is 1. The molecule has 1 saturated carbocycles. The van der Waals surface area contributed by atoms with E-state index >= 15 is 0 Å². The van der Waals surface area contributed by atoms with Crippen LogP contribution in [0.4, 0.5) is 16.4 Å². The number of carbonyl (C=O) groups excluding carboxylic acids is 1. The van der Waals surface area contributed by atoms with E-state index in [4.69, 9.17) is 9.97 Å². The normalized spacial score (nSPS) is 19.4. The molecule has 2 unspecified atom stereocenters. The third kappa shape index (κ3) is 3.49. The van der Waals surface area contributed by atoms with Crippen LogP contribution >= 0.6 is 0 Å². The Hall–Kier alpha value is -4.02. The number of anilines is 2. The van der Waals surface area contributed by atoms with Crippen molar-refractivity contribution in [3.8, 4) is 11.5 Å². The molecule has 1 fully saturated rings. The van der Waals surface area contributed by atoms with Gasteiger partial charge in [0.15, 0.2) is 5.82 Å². The van der Waals surface area contributed by atoms with E-state index in [0.717, 1.165) is 30.1 Å². The molecule has 0 radical (unpaired) electrons. The number of rotatable bonds is 6. The van der Waals surface area contributed by atoms with Gasteiger partial charge in [-0.3, -0.25) is 9.69 Å². The molecule has 3 aromatic heterocycles. The van der Waals surface area contributed by atoms with Gasteiger partial charge in [-0.25, -0.2) is 14.8 Å². The molecule has 0 spiro atoms. The minimum Gasteiger partial charge on any atom is -0.465 e. The highest BCUT2D eigenvalue weighted by Crippen LogP contribution is 2.52. The van der Waals surface area contributed by atoms with Crippen molar-refractivity contribution in [1.29, 1.82) is 0 Å². The summed E-state index contributed by atoms with van der Waals surface area (Å²) in [5.74, 6) is 3.39. The first kappa shape index (κ1) is 22.4. The molecule has 3 aromatic rings. The molecule has 0 bridgehead atoms. The lowest BCUT2D eigenvalue weighted by molar-refractivity contribution is 0.0996. The molecule has 11 heteroatoms. The third-order valence-electron chi connectivity index (χ3n) is 7.51. The van der Waals surface area contributed by atoms with Crippen molar-refractivity contribution >= 4 is 23.6 Å². The summed E-state index contributed by atoms with van der Waals surface area (Å²) in [6, 6.07) is 8.00. The molecule has 1 N–H and O–H groups in total. The molecule has 2 atom stereocenters. The Bertz CT molecular complexity index is 1400. The molecule has 5 heterocycles. The molecule has 0 aromatic carbocycles. The van der Waals surface area contributed by atoms with Crippen molar-refractivity contribution in [3.63, 3.8) is 0 Å². The first-order chi connectivity index (χ1) is 17.2. The number of pyridine rings is 2. The standard InChI is InChI=1S/C25H28N8O3/c1-13(2)31(4)21-10-15-16(18(27-21)12-30(3)25(35)36)11-32(24(15)34)20-7-5-6-17(26-20)23-29-28-22-9-14-8-19(14)33(22)23/h5-7,10,13-14,19H,8-9,11-12H2,1-4H3,(H,35,36). The Morgan fingerprint density at radius 3 is 2.78 bits per heavy atom. The summed E-state index contributed by atoms with van der Waals surface area (Å²) in [6.45, 7) is 4.42. The van der Waals surface area contributed by atoms with Gasteiger partial charge < -0.3 is 19.5 Å². The third-order valence-corrected chi connectivity index (χ3v) is 7.51. The van der Waals surface area contributed by atoms with Crippen LogP contribution in [-0.4, -0.2) is 66.9 Å². The van der Waals surface area contributed by atoms with Gasteiger partial charge in [-0.2, -0.15) is 0 Å². The van der Waals surface area contributed by atoms with E-state index in [1.165, 1.54) is 11.9 Å². The number of hydrogen-bond acceptors (Lipinski definition) is 7. The monoisotopic (exact) mass is 488 g/mol. The van der Waals surface area contributed by atoms with Crippen molar-refractivity contribution < 1.29 is 14.7 Å². The summed E-state index contributed by atoms with van der Waals surface area (Å²) in [4.78, 5) is 39.5. The van der Waals surface area contributed by atoms with Crippen LogP contribution in [0.3, 0.4) is 0 Å². The number of carbonyl (C=O) groups is 2. The maximum absolute atomic E-state index is 13.6. The summed E-state index contributed by atoms with van der Waals surface area (Å²) in [5.41, 5.74) is 2.51. The quantitative estimate of drug-likeness (QED) is 0.562. The summed E-state index contributed by atoms with van der Waals surface area (Å²) in [7, 11) is 3.41. The fourth-order valence-electron chi connectivity index (χ4n) is 5.09. The van der Waals surface area contributed by atoms with E-state index < -0.39 is 6.09 Å². The van der Waals surface area contributed by atoms with Crippen LogP contribution in [0, 0.1) is 5.92 Å². The van der Waals surface area contributed by atoms with Crippen molar-refractivity contribution in [2.75, 3.05) is 23.9 Å². The molecule has 2 aliphatic heterocycles. The number of amides is 2. The zero-order chi connectivity index (χ0) is 25.3. The van der Waals surface area contributed by atoms with Gasteiger partial charge in [0.05, 0.1) is 24.3 Å². The van der Waals surface area contributed by atoms with E-state index in [-0.39, 0.29) is 25.0 Å². The first-order valence-electron chi connectivity index (χ1n) is 12.2. The summed E-state index contributed by atoms with van der Waals surface area (Å²) in [5, 5.41) is 18.2. The Kier molecular flexibility index (Phi) is 4.99. The van der Waals surface area contributed by atoms with Crippen LogP contribution in [0.2, 0.25) is 0 Å². The van der Waals surface area contributed by atoms with Crippen LogP contribution in [-0.2, 0) is 19.5 Å². The number of hydrogen-bond donors (Lipinski definition) is 1. The summed E-state index contributed by atoms with van der Waals surface area (Å²) >= 11 is 0. The van der Waals surface area contributed by atoms with Crippen molar-refractivity contribution in [2.24, 2.45) is 5.92 Å². The number of nitrogens with zero attached hydrogens (tertiary/aromatic N) is 8. The second kappa shape index (κ2) is 8.00. The molecular formula is C25H28N8O3. The van der Waals surface area contributed by atoms with Crippen LogP contribution < -0.4 is 9.80 Å². The number of fused-ring (bicyclic) bond motifs is 4. The van der Waals surface area contributed by atoms with Crippen molar-refractivity contribution in [1.82, 2.24) is 29.6 Å². The minimum absolute atomic E-state index is 0.0838. The smallest absolute Gasteiger partial charge is 0.407 e. The second-order valence-electron chi connectivity index (χ2n) is 10.1. The lowest BCUT2D eigenvalue weighted by atomic mass is 10.1. The van der Waals surface area contributed by atoms with Crippen LogP contribution in [0.25, 0.3) is 11.5 Å². The molecule has 1 aliphatic carbocycles. The van der Waals surface area contributed by atoms with E-state index in [1.54, 1.807) is 11.0 Å². The van der Waals surface area contributed by atoms with Gasteiger partial charge in [0.2, 0.25) is 0 Å². The largest absolute Gasteiger partial charge is 0.465 e. The second-order valence-corrected chi connectivity index (χ2v) is 10.1. The van der Waals surface area contributed by atoms with Gasteiger partial charge in [0.1, 0.15) is 23.2 Å². The molecule has 2 amide bonds. The van der Waals surface area contributed by atoms with E-state index in [0.29, 0.717) is 40.5 Å². The van der Waals surface area contributed by atoms with E-state index in [9.17, 15) is 14.7 Å².